The molecule has 0 radical (unpaired) electrons. The van der Waals surface area contributed by atoms with E-state index >= 15 is 0 Å². The molecule has 0 aliphatic carbocycles. The average Bonchev–Trinajstić information content (AvgIpc) is 2.90. The van der Waals surface area contributed by atoms with Crippen LogP contribution in [-0.4, -0.2) is 25.5 Å². The molecule has 0 saturated heterocycles. The van der Waals surface area contributed by atoms with Gasteiger partial charge in [-0.05, 0) is 45.7 Å². The fraction of sp³-hybridized carbons (Fsp3) is 0.417. The molecule has 1 amide bonds. The van der Waals surface area contributed by atoms with Crippen LogP contribution in [0, 0.1) is 6.92 Å². The molecule has 108 valence electrons. The van der Waals surface area contributed by atoms with E-state index < -0.39 is 0 Å². The molecule has 0 bridgehead atoms. The van der Waals surface area contributed by atoms with Crippen LogP contribution in [0.1, 0.15) is 24.4 Å². The zero-order chi connectivity index (χ0) is 14.9. The van der Waals surface area contributed by atoms with E-state index in [-0.39, 0.29) is 11.9 Å². The summed E-state index contributed by atoms with van der Waals surface area (Å²) in [7, 11) is 1.84. The Morgan fingerprint density at radius 3 is 2.65 bits per heavy atom. The van der Waals surface area contributed by atoms with Crippen molar-refractivity contribution in [2.24, 2.45) is 7.05 Å². The van der Waals surface area contributed by atoms with Crippen molar-refractivity contribution in [3.63, 3.8) is 0 Å². The van der Waals surface area contributed by atoms with E-state index in [1.54, 1.807) is 21.8 Å². The smallest absolute Gasteiger partial charge is 0.244 e. The summed E-state index contributed by atoms with van der Waals surface area (Å²) in [4.78, 5) is 12.1. The Hall–Kier alpha value is -1.15. The fourth-order valence-electron chi connectivity index (χ4n) is 1.73. The number of carbonyl (C=O) groups excluding carboxylic acids is 1. The summed E-state index contributed by atoms with van der Waals surface area (Å²) >= 11 is 6.79. The largest absolute Gasteiger partial charge is 0.349 e. The number of carbonyl (C=O) groups is 1. The second-order valence-electron chi connectivity index (χ2n) is 4.50. The lowest BCUT2D eigenvalue weighted by atomic mass is 10.3. The minimum Gasteiger partial charge on any atom is -0.349 e. The summed E-state index contributed by atoms with van der Waals surface area (Å²) < 4.78 is 5.15. The molecule has 0 fully saturated rings. The summed E-state index contributed by atoms with van der Waals surface area (Å²) in [6, 6.07) is -0.369. The van der Waals surface area contributed by atoms with Crippen molar-refractivity contribution >= 4 is 37.8 Å². The van der Waals surface area contributed by atoms with Crippen LogP contribution in [0.3, 0.4) is 0 Å². The van der Waals surface area contributed by atoms with Gasteiger partial charge in [0.25, 0.3) is 0 Å². The number of amides is 1. The quantitative estimate of drug-likeness (QED) is 0.850. The van der Waals surface area contributed by atoms with Crippen molar-refractivity contribution in [2.45, 2.75) is 26.4 Å². The van der Waals surface area contributed by atoms with Crippen LogP contribution >= 0.6 is 31.9 Å². The van der Waals surface area contributed by atoms with E-state index in [4.69, 9.17) is 0 Å². The third kappa shape index (κ3) is 3.12. The zero-order valence-electron chi connectivity index (χ0n) is 11.4. The molecular weight excluding hydrogens is 390 g/mol. The first-order valence-electron chi connectivity index (χ1n) is 6.05. The van der Waals surface area contributed by atoms with Crippen LogP contribution in [0.2, 0.25) is 0 Å². The summed E-state index contributed by atoms with van der Waals surface area (Å²) in [5.74, 6) is -0.0897. The monoisotopic (exact) mass is 403 g/mol. The van der Waals surface area contributed by atoms with Gasteiger partial charge in [-0.25, -0.2) is 0 Å². The standard InChI is InChI=1S/C12H15Br2N5O/c1-7-10(14)6-19(17-7)8(2)12(20)15-5-11-9(13)4-16-18(11)3/h4,6,8H,5H2,1-3H3,(H,15,20). The third-order valence-electron chi connectivity index (χ3n) is 3.07. The number of aromatic nitrogens is 4. The first-order valence-corrected chi connectivity index (χ1v) is 7.64. The number of hydrogen-bond acceptors (Lipinski definition) is 3. The van der Waals surface area contributed by atoms with Gasteiger partial charge in [0.2, 0.25) is 5.91 Å². The van der Waals surface area contributed by atoms with Gasteiger partial charge in [0.15, 0.2) is 0 Å². The molecule has 0 saturated carbocycles. The number of rotatable bonds is 4. The van der Waals surface area contributed by atoms with Gasteiger partial charge < -0.3 is 5.32 Å². The van der Waals surface area contributed by atoms with Crippen LogP contribution in [0.25, 0.3) is 0 Å². The van der Waals surface area contributed by atoms with Crippen molar-refractivity contribution in [2.75, 3.05) is 0 Å². The highest BCUT2D eigenvalue weighted by Crippen LogP contribution is 2.17. The molecule has 2 aromatic rings. The molecule has 8 heteroatoms. The molecular formula is C12H15Br2N5O. The van der Waals surface area contributed by atoms with Gasteiger partial charge in [-0.1, -0.05) is 0 Å². The van der Waals surface area contributed by atoms with Crippen LogP contribution in [-0.2, 0) is 18.4 Å². The molecule has 1 atom stereocenters. The first kappa shape index (κ1) is 15.2. The SMILES string of the molecule is Cc1nn(C(C)C(=O)NCc2c(Br)cnn2C)cc1Br. The molecule has 2 rings (SSSR count). The lowest BCUT2D eigenvalue weighted by Crippen LogP contribution is -2.31. The van der Waals surface area contributed by atoms with Crippen LogP contribution < -0.4 is 5.32 Å². The van der Waals surface area contributed by atoms with E-state index in [2.05, 4.69) is 47.4 Å². The Morgan fingerprint density at radius 1 is 1.45 bits per heavy atom. The van der Waals surface area contributed by atoms with E-state index in [1.165, 1.54) is 0 Å². The van der Waals surface area contributed by atoms with Crippen molar-refractivity contribution in [1.29, 1.82) is 0 Å². The Labute approximate surface area is 133 Å². The molecule has 20 heavy (non-hydrogen) atoms. The predicted molar refractivity (Wildman–Crippen MR) is 82.1 cm³/mol. The topological polar surface area (TPSA) is 64.7 Å². The van der Waals surface area contributed by atoms with Gasteiger partial charge in [0.05, 0.1) is 33.1 Å². The van der Waals surface area contributed by atoms with Gasteiger partial charge in [0.1, 0.15) is 6.04 Å². The number of hydrogen-bond donors (Lipinski definition) is 1. The molecule has 6 nitrogen and oxygen atoms in total. The van der Waals surface area contributed by atoms with Gasteiger partial charge in [-0.15, -0.1) is 0 Å². The van der Waals surface area contributed by atoms with Crippen LogP contribution in [0.15, 0.2) is 21.3 Å². The van der Waals surface area contributed by atoms with E-state index in [9.17, 15) is 4.79 Å². The van der Waals surface area contributed by atoms with Crippen molar-refractivity contribution < 1.29 is 4.79 Å². The summed E-state index contributed by atoms with van der Waals surface area (Å²) in [5, 5.41) is 11.3. The van der Waals surface area contributed by atoms with Crippen LogP contribution in [0.4, 0.5) is 0 Å². The normalized spacial score (nSPS) is 12.4. The van der Waals surface area contributed by atoms with Gasteiger partial charge in [-0.2, -0.15) is 10.2 Å². The molecule has 0 aliphatic heterocycles. The number of nitrogens with zero attached hydrogens (tertiary/aromatic N) is 4. The van der Waals surface area contributed by atoms with Crippen molar-refractivity contribution in [1.82, 2.24) is 24.9 Å². The fourth-order valence-corrected chi connectivity index (χ4v) is 2.51. The molecule has 2 aromatic heterocycles. The molecule has 0 spiro atoms. The first-order chi connectivity index (χ1) is 9.40. The lowest BCUT2D eigenvalue weighted by molar-refractivity contribution is -0.124. The minimum atomic E-state index is -0.369. The Morgan fingerprint density at radius 2 is 2.15 bits per heavy atom. The summed E-state index contributed by atoms with van der Waals surface area (Å²) in [5.41, 5.74) is 1.78. The molecule has 0 aromatic carbocycles. The highest BCUT2D eigenvalue weighted by molar-refractivity contribution is 9.10. The molecule has 2 heterocycles. The van der Waals surface area contributed by atoms with E-state index in [1.807, 2.05) is 20.9 Å². The van der Waals surface area contributed by atoms with Crippen molar-refractivity contribution in [3.8, 4) is 0 Å². The number of aryl methyl sites for hydroxylation is 2. The van der Waals surface area contributed by atoms with Gasteiger partial charge in [0, 0.05) is 13.2 Å². The number of nitrogens with one attached hydrogen (secondary N) is 1. The molecule has 1 unspecified atom stereocenters. The highest BCUT2D eigenvalue weighted by atomic mass is 79.9. The summed E-state index contributed by atoms with van der Waals surface area (Å²) in [6.45, 7) is 4.12. The van der Waals surface area contributed by atoms with Crippen LogP contribution in [0.5, 0.6) is 0 Å². The lowest BCUT2D eigenvalue weighted by Gasteiger charge is -2.13. The maximum atomic E-state index is 12.1. The Bertz CT molecular complexity index is 595. The molecule has 1 N–H and O–H groups in total. The van der Waals surface area contributed by atoms with E-state index in [0.29, 0.717) is 6.54 Å². The zero-order valence-corrected chi connectivity index (χ0v) is 14.6. The summed E-state index contributed by atoms with van der Waals surface area (Å²) in [6.07, 6.45) is 3.51. The maximum Gasteiger partial charge on any atom is 0.244 e. The highest BCUT2D eigenvalue weighted by Gasteiger charge is 2.17. The number of halogens is 2. The van der Waals surface area contributed by atoms with Gasteiger partial charge in [-0.3, -0.25) is 14.2 Å². The van der Waals surface area contributed by atoms with Crippen molar-refractivity contribution in [3.05, 3.63) is 32.7 Å². The predicted octanol–water partition coefficient (Wildman–Crippen LogP) is 2.33. The Kier molecular flexibility index (Phi) is 4.64. The third-order valence-corrected chi connectivity index (χ3v) is 4.51. The van der Waals surface area contributed by atoms with Gasteiger partial charge >= 0.3 is 0 Å². The minimum absolute atomic E-state index is 0.0897. The second-order valence-corrected chi connectivity index (χ2v) is 6.21. The Balaban J connectivity index is 2.01. The van der Waals surface area contributed by atoms with E-state index in [0.717, 1.165) is 20.3 Å². The maximum absolute atomic E-state index is 12.1. The second kappa shape index (κ2) is 6.09. The molecule has 0 aliphatic rings. The average molecular weight is 405 g/mol.